The third-order valence-corrected chi connectivity index (χ3v) is 5.02. The molecule has 16 heteroatoms. The summed E-state index contributed by atoms with van der Waals surface area (Å²) >= 11 is 5.95. The first-order valence-corrected chi connectivity index (χ1v) is 10.6. The van der Waals surface area contributed by atoms with E-state index in [1.165, 1.54) is 0 Å². The van der Waals surface area contributed by atoms with Gasteiger partial charge in [-0.1, -0.05) is 11.6 Å². The smallest absolute Gasteiger partial charge is 0.493 e. The van der Waals surface area contributed by atoms with E-state index in [1.807, 2.05) is 0 Å². The van der Waals surface area contributed by atoms with E-state index in [-0.39, 0.29) is 16.4 Å². The number of ether oxygens (including phenoxy) is 4. The van der Waals surface area contributed by atoms with E-state index in [1.54, 1.807) is 0 Å². The topological polar surface area (TPSA) is 96.0 Å². The number of nitrogens with zero attached hydrogens (tertiary/aromatic N) is 1. The lowest BCUT2D eigenvalue weighted by Crippen LogP contribution is -2.19. The number of nitrogens with one attached hydrogen (secondary N) is 1. The Bertz CT molecular complexity index is 1410. The second kappa shape index (κ2) is 11.2. The monoisotopic (exact) mass is 582 g/mol. The molecule has 0 fully saturated rings. The predicted octanol–water partition coefficient (Wildman–Crippen LogP) is 6.63. The zero-order valence-corrected chi connectivity index (χ0v) is 20.2. The molecule has 1 N–H and O–H groups in total. The van der Waals surface area contributed by atoms with Crippen molar-refractivity contribution in [1.29, 1.82) is 0 Å². The number of esters is 1. The van der Waals surface area contributed by atoms with Crippen LogP contribution in [0, 0.1) is 5.82 Å². The lowest BCUT2D eigenvalue weighted by molar-refractivity contribution is -0.274. The van der Waals surface area contributed by atoms with Crippen molar-refractivity contribution in [2.45, 2.75) is 12.5 Å². The largest absolute Gasteiger partial charge is 0.573 e. The van der Waals surface area contributed by atoms with Gasteiger partial charge in [0.05, 0.1) is 30.5 Å². The molecule has 0 aliphatic heterocycles. The first-order chi connectivity index (χ1) is 18.1. The minimum absolute atomic E-state index is 0.271. The number of carbonyl (C=O) groups is 2. The number of alkyl halides is 6. The van der Waals surface area contributed by atoms with Crippen LogP contribution in [0.25, 0.3) is 0 Å². The molecule has 0 aliphatic carbocycles. The van der Waals surface area contributed by atoms with E-state index >= 15 is 4.39 Å². The highest BCUT2D eigenvalue weighted by atomic mass is 35.5. The maximum atomic E-state index is 15.1. The molecule has 0 bridgehead atoms. The highest BCUT2D eigenvalue weighted by Gasteiger charge is 2.38. The molecule has 1 amide bonds. The number of halogens is 8. The average Bonchev–Trinajstić information content (AvgIpc) is 2.84. The molecule has 39 heavy (non-hydrogen) atoms. The molecule has 208 valence electrons. The Labute approximate surface area is 219 Å². The summed E-state index contributed by atoms with van der Waals surface area (Å²) in [6, 6.07) is 4.27. The van der Waals surface area contributed by atoms with Crippen molar-refractivity contribution < 1.29 is 59.3 Å². The van der Waals surface area contributed by atoms with E-state index in [4.69, 9.17) is 21.1 Å². The molecular weight excluding hydrogens is 569 g/mol. The number of anilines is 1. The number of amides is 1. The van der Waals surface area contributed by atoms with E-state index in [0.717, 1.165) is 44.7 Å². The second-order valence-corrected chi connectivity index (χ2v) is 7.66. The van der Waals surface area contributed by atoms with Crippen LogP contribution in [0.2, 0.25) is 5.02 Å². The molecule has 1 aromatic heterocycles. The maximum absolute atomic E-state index is 15.1. The quantitative estimate of drug-likeness (QED) is 0.247. The van der Waals surface area contributed by atoms with Gasteiger partial charge in [-0.3, -0.25) is 4.79 Å². The normalized spacial score (nSPS) is 11.5. The molecule has 0 unspecified atom stereocenters. The molecule has 0 spiro atoms. The summed E-state index contributed by atoms with van der Waals surface area (Å²) in [5.41, 5.74) is -3.76. The molecule has 0 aliphatic rings. The molecular formula is C23H14ClF7N2O6. The molecule has 2 aromatic carbocycles. The highest BCUT2D eigenvalue weighted by molar-refractivity contribution is 6.34. The Kier molecular flexibility index (Phi) is 8.43. The van der Waals surface area contributed by atoms with Crippen LogP contribution in [0.15, 0.2) is 42.6 Å². The third kappa shape index (κ3) is 6.98. The molecule has 0 radical (unpaired) electrons. The Balaban J connectivity index is 2.08. The molecule has 3 rings (SSSR count). The minimum Gasteiger partial charge on any atom is -0.493 e. The number of benzene rings is 2. The fourth-order valence-corrected chi connectivity index (χ4v) is 3.21. The van der Waals surface area contributed by atoms with Gasteiger partial charge in [0.2, 0.25) is 0 Å². The van der Waals surface area contributed by atoms with Gasteiger partial charge in [-0.15, -0.1) is 13.2 Å². The van der Waals surface area contributed by atoms with Crippen molar-refractivity contribution >= 4 is 29.2 Å². The van der Waals surface area contributed by atoms with Crippen molar-refractivity contribution in [3.63, 3.8) is 0 Å². The van der Waals surface area contributed by atoms with Crippen molar-refractivity contribution in [2.75, 3.05) is 19.5 Å². The van der Waals surface area contributed by atoms with Crippen LogP contribution < -0.4 is 19.5 Å². The van der Waals surface area contributed by atoms with Crippen molar-refractivity contribution in [3.8, 4) is 23.0 Å². The van der Waals surface area contributed by atoms with Crippen LogP contribution in [0.5, 0.6) is 23.0 Å². The number of carbonyl (C=O) groups excluding carboxylic acids is 2. The van der Waals surface area contributed by atoms with E-state index in [0.29, 0.717) is 12.1 Å². The standard InChI is InChI=1S/C23H14ClF7N2O6/c1-36-17-7-10(39-23(29,30)31)3-5-15(17)38-16-6-4-11(22(26,27)28)19(25)18(16)20(34)33-13-8-14(21(35)37-2)32-9-12(13)24/h3-9H,1-2H3,(H,32,33,34). The zero-order chi connectivity index (χ0) is 29.1. The van der Waals surface area contributed by atoms with Crippen LogP contribution in [0.1, 0.15) is 26.4 Å². The first-order valence-electron chi connectivity index (χ1n) is 10.2. The molecule has 0 saturated carbocycles. The minimum atomic E-state index is -5.22. The first kappa shape index (κ1) is 29.3. The fraction of sp³-hybridized carbons (Fsp3) is 0.174. The van der Waals surface area contributed by atoms with Gasteiger partial charge in [-0.05, 0) is 30.3 Å². The third-order valence-electron chi connectivity index (χ3n) is 4.72. The summed E-state index contributed by atoms with van der Waals surface area (Å²) in [6.45, 7) is 0. The highest BCUT2D eigenvalue weighted by Crippen LogP contribution is 2.41. The summed E-state index contributed by atoms with van der Waals surface area (Å²) < 4.78 is 111. The molecule has 0 atom stereocenters. The summed E-state index contributed by atoms with van der Waals surface area (Å²) in [6.07, 6.45) is -9.34. The van der Waals surface area contributed by atoms with E-state index < -0.39 is 64.4 Å². The van der Waals surface area contributed by atoms with E-state index in [9.17, 15) is 35.9 Å². The second-order valence-electron chi connectivity index (χ2n) is 7.26. The average molecular weight is 583 g/mol. The van der Waals surface area contributed by atoms with Gasteiger partial charge in [0.15, 0.2) is 23.0 Å². The SMILES string of the molecule is COC(=O)c1cc(NC(=O)c2c(Oc3ccc(OC(F)(F)F)cc3OC)ccc(C(F)(F)F)c2F)c(Cl)cn1. The summed E-state index contributed by atoms with van der Waals surface area (Å²) in [7, 11) is 2.07. The van der Waals surface area contributed by atoms with Crippen LogP contribution >= 0.6 is 11.6 Å². The maximum Gasteiger partial charge on any atom is 0.573 e. The molecule has 3 aromatic rings. The number of hydrogen-bond acceptors (Lipinski definition) is 7. The number of hydrogen-bond donors (Lipinski definition) is 1. The van der Waals surface area contributed by atoms with Gasteiger partial charge in [-0.2, -0.15) is 13.2 Å². The fourth-order valence-electron chi connectivity index (χ4n) is 3.06. The van der Waals surface area contributed by atoms with Gasteiger partial charge >= 0.3 is 18.5 Å². The molecule has 1 heterocycles. The van der Waals surface area contributed by atoms with E-state index in [2.05, 4.69) is 19.8 Å². The lowest BCUT2D eigenvalue weighted by Gasteiger charge is -2.18. The zero-order valence-electron chi connectivity index (χ0n) is 19.5. The molecule has 0 saturated heterocycles. The Morgan fingerprint density at radius 1 is 0.949 bits per heavy atom. The van der Waals surface area contributed by atoms with Crippen LogP contribution in [0.4, 0.5) is 36.4 Å². The Hall–Kier alpha value is -4.27. The predicted molar refractivity (Wildman–Crippen MR) is 120 cm³/mol. The lowest BCUT2D eigenvalue weighted by atomic mass is 10.1. The number of pyridine rings is 1. The Morgan fingerprint density at radius 3 is 2.21 bits per heavy atom. The summed E-state index contributed by atoms with van der Waals surface area (Å²) in [5, 5.41) is 1.80. The molecule has 8 nitrogen and oxygen atoms in total. The van der Waals surface area contributed by atoms with Gasteiger partial charge in [-0.25, -0.2) is 14.2 Å². The number of rotatable bonds is 7. The van der Waals surface area contributed by atoms with Crippen LogP contribution in [0.3, 0.4) is 0 Å². The summed E-state index contributed by atoms with van der Waals surface area (Å²) in [4.78, 5) is 28.4. The van der Waals surface area contributed by atoms with Crippen molar-refractivity contribution in [1.82, 2.24) is 4.98 Å². The van der Waals surface area contributed by atoms with Crippen LogP contribution in [-0.2, 0) is 10.9 Å². The van der Waals surface area contributed by atoms with Gasteiger partial charge < -0.3 is 24.3 Å². The van der Waals surface area contributed by atoms with Gasteiger partial charge in [0.1, 0.15) is 17.1 Å². The summed E-state index contributed by atoms with van der Waals surface area (Å²) in [5.74, 6) is -6.78. The van der Waals surface area contributed by atoms with Crippen LogP contribution in [-0.4, -0.2) is 37.4 Å². The van der Waals surface area contributed by atoms with Crippen molar-refractivity contribution in [3.05, 3.63) is 70.3 Å². The van der Waals surface area contributed by atoms with Gasteiger partial charge in [0, 0.05) is 12.3 Å². The number of methoxy groups -OCH3 is 2. The van der Waals surface area contributed by atoms with Gasteiger partial charge in [0.25, 0.3) is 5.91 Å². The number of aromatic nitrogens is 1. The Morgan fingerprint density at radius 2 is 1.62 bits per heavy atom. The van der Waals surface area contributed by atoms with Crippen molar-refractivity contribution in [2.24, 2.45) is 0 Å².